The molecule has 0 aliphatic heterocycles. The molecule has 3 aromatic rings. The van der Waals surface area contributed by atoms with Gasteiger partial charge in [0, 0.05) is 5.56 Å². The molecule has 5 heteroatoms. The molecule has 1 N–H and O–H groups in total. The third-order valence-electron chi connectivity index (χ3n) is 3.65. The quantitative estimate of drug-likeness (QED) is 0.555. The number of carbonyl (C=O) groups is 1. The number of hydrogen-bond donors (Lipinski definition) is 1. The van der Waals surface area contributed by atoms with Gasteiger partial charge in [-0.15, -0.1) is 0 Å². The zero-order valence-electron chi connectivity index (χ0n) is 13.8. The molecule has 0 spiro atoms. The van der Waals surface area contributed by atoms with E-state index in [4.69, 9.17) is 9.47 Å². The van der Waals surface area contributed by atoms with Gasteiger partial charge in [-0.05, 0) is 35.0 Å². The van der Waals surface area contributed by atoms with E-state index in [0.717, 1.165) is 22.1 Å². The molecule has 0 heterocycles. The minimum Gasteiger partial charge on any atom is -0.497 e. The van der Waals surface area contributed by atoms with E-state index in [1.807, 2.05) is 42.5 Å². The number of hydrazone groups is 1. The molecular formula is C20H18N2O3. The van der Waals surface area contributed by atoms with Crippen molar-refractivity contribution >= 4 is 22.9 Å². The van der Waals surface area contributed by atoms with Gasteiger partial charge < -0.3 is 9.47 Å². The average molecular weight is 334 g/mol. The number of hydrogen-bond acceptors (Lipinski definition) is 4. The number of nitrogens with zero attached hydrogens (tertiary/aromatic N) is 1. The molecule has 0 radical (unpaired) electrons. The van der Waals surface area contributed by atoms with Crippen molar-refractivity contribution in [3.63, 3.8) is 0 Å². The lowest BCUT2D eigenvalue weighted by atomic mass is 10.1. The number of benzene rings is 3. The predicted octanol–water partition coefficient (Wildman–Crippen LogP) is 3.38. The van der Waals surface area contributed by atoms with Crippen LogP contribution < -0.4 is 14.9 Å². The Hall–Kier alpha value is -3.34. The van der Waals surface area contributed by atoms with E-state index >= 15 is 0 Å². The average Bonchev–Trinajstić information content (AvgIpc) is 2.67. The van der Waals surface area contributed by atoms with Gasteiger partial charge in [0.2, 0.25) is 0 Å². The van der Waals surface area contributed by atoms with Gasteiger partial charge in [0.1, 0.15) is 11.5 Å². The molecule has 0 bridgehead atoms. The highest BCUT2D eigenvalue weighted by molar-refractivity contribution is 5.99. The molecule has 0 saturated carbocycles. The van der Waals surface area contributed by atoms with E-state index in [9.17, 15) is 4.79 Å². The molecule has 5 nitrogen and oxygen atoms in total. The van der Waals surface area contributed by atoms with Crippen LogP contribution in [0.3, 0.4) is 0 Å². The van der Waals surface area contributed by atoms with Crippen molar-refractivity contribution in [3.05, 3.63) is 72.3 Å². The molecule has 0 saturated heterocycles. The second kappa shape index (κ2) is 7.97. The van der Waals surface area contributed by atoms with Gasteiger partial charge in [0.15, 0.2) is 6.61 Å². The fourth-order valence-corrected chi connectivity index (χ4v) is 2.39. The van der Waals surface area contributed by atoms with E-state index in [-0.39, 0.29) is 12.5 Å². The van der Waals surface area contributed by atoms with Gasteiger partial charge in [0.05, 0.1) is 13.3 Å². The summed E-state index contributed by atoms with van der Waals surface area (Å²) in [6.45, 7) is -0.112. The lowest BCUT2D eigenvalue weighted by Gasteiger charge is -2.06. The first-order valence-corrected chi connectivity index (χ1v) is 7.83. The molecule has 0 unspecified atom stereocenters. The van der Waals surface area contributed by atoms with E-state index < -0.39 is 0 Å². The van der Waals surface area contributed by atoms with E-state index in [2.05, 4.69) is 10.5 Å². The Labute approximate surface area is 145 Å². The van der Waals surface area contributed by atoms with Gasteiger partial charge in [-0.25, -0.2) is 5.43 Å². The van der Waals surface area contributed by atoms with Gasteiger partial charge in [0.25, 0.3) is 5.91 Å². The maximum Gasteiger partial charge on any atom is 0.277 e. The first-order chi connectivity index (χ1) is 12.3. The lowest BCUT2D eigenvalue weighted by molar-refractivity contribution is -0.123. The molecule has 25 heavy (non-hydrogen) atoms. The molecule has 3 aromatic carbocycles. The fraction of sp³-hybridized carbons (Fsp3) is 0.100. The number of ether oxygens (including phenoxy) is 2. The summed E-state index contributed by atoms with van der Waals surface area (Å²) in [7, 11) is 1.59. The zero-order valence-corrected chi connectivity index (χ0v) is 13.8. The maximum atomic E-state index is 11.8. The number of amides is 1. The Morgan fingerprint density at radius 1 is 1.00 bits per heavy atom. The number of methoxy groups -OCH3 is 1. The Bertz CT molecular complexity index is 884. The van der Waals surface area contributed by atoms with Crippen molar-refractivity contribution in [2.45, 2.75) is 0 Å². The summed E-state index contributed by atoms with van der Waals surface area (Å²) in [6.07, 6.45) is 1.63. The zero-order chi connectivity index (χ0) is 17.5. The van der Waals surface area contributed by atoms with Crippen LogP contribution in [0.2, 0.25) is 0 Å². The fourth-order valence-electron chi connectivity index (χ4n) is 2.39. The van der Waals surface area contributed by atoms with Crippen LogP contribution in [0, 0.1) is 0 Å². The van der Waals surface area contributed by atoms with Crippen LogP contribution >= 0.6 is 0 Å². The van der Waals surface area contributed by atoms with Crippen LogP contribution in [-0.2, 0) is 4.79 Å². The molecular weight excluding hydrogens is 316 g/mol. The molecule has 1 amide bonds. The minimum atomic E-state index is -0.327. The number of nitrogens with one attached hydrogen (secondary N) is 1. The summed E-state index contributed by atoms with van der Waals surface area (Å²) in [4.78, 5) is 11.8. The largest absolute Gasteiger partial charge is 0.497 e. The summed E-state index contributed by atoms with van der Waals surface area (Å²) in [5, 5.41) is 6.21. The predicted molar refractivity (Wildman–Crippen MR) is 98.2 cm³/mol. The molecule has 3 rings (SSSR count). The number of fused-ring (bicyclic) bond motifs is 1. The third-order valence-corrected chi connectivity index (χ3v) is 3.65. The molecule has 126 valence electrons. The SMILES string of the molecule is COc1ccc(OCC(=O)N/N=C\c2cccc3ccccc23)cc1. The summed E-state index contributed by atoms with van der Waals surface area (Å²) >= 11 is 0. The second-order valence-electron chi connectivity index (χ2n) is 5.33. The highest BCUT2D eigenvalue weighted by Gasteiger charge is 2.02. The highest BCUT2D eigenvalue weighted by Crippen LogP contribution is 2.17. The van der Waals surface area contributed by atoms with Crippen LogP contribution in [0.15, 0.2) is 71.8 Å². The molecule has 0 aromatic heterocycles. The van der Waals surface area contributed by atoms with Crippen molar-refractivity contribution in [2.75, 3.05) is 13.7 Å². The molecule has 0 aliphatic rings. The Balaban J connectivity index is 1.55. The minimum absolute atomic E-state index is 0.112. The van der Waals surface area contributed by atoms with Gasteiger partial charge in [-0.2, -0.15) is 5.10 Å². The van der Waals surface area contributed by atoms with Crippen molar-refractivity contribution in [1.82, 2.24) is 5.43 Å². The summed E-state index contributed by atoms with van der Waals surface area (Å²) in [5.74, 6) is 0.998. The highest BCUT2D eigenvalue weighted by atomic mass is 16.5. The lowest BCUT2D eigenvalue weighted by Crippen LogP contribution is -2.24. The van der Waals surface area contributed by atoms with E-state index in [1.54, 1.807) is 37.6 Å². The first-order valence-electron chi connectivity index (χ1n) is 7.83. The summed E-state index contributed by atoms with van der Waals surface area (Å²) < 4.78 is 10.5. The van der Waals surface area contributed by atoms with Gasteiger partial charge in [-0.1, -0.05) is 42.5 Å². The van der Waals surface area contributed by atoms with Crippen LogP contribution in [0.1, 0.15) is 5.56 Å². The summed E-state index contributed by atoms with van der Waals surface area (Å²) in [5.41, 5.74) is 3.41. The topological polar surface area (TPSA) is 59.9 Å². The van der Waals surface area contributed by atoms with Crippen LogP contribution in [-0.4, -0.2) is 25.8 Å². The van der Waals surface area contributed by atoms with Crippen LogP contribution in [0.4, 0.5) is 0 Å². The maximum absolute atomic E-state index is 11.8. The number of rotatable bonds is 6. The molecule has 0 aliphatic carbocycles. The van der Waals surface area contributed by atoms with Crippen molar-refractivity contribution in [3.8, 4) is 11.5 Å². The third kappa shape index (κ3) is 4.35. The molecule has 0 atom stereocenters. The van der Waals surface area contributed by atoms with Crippen molar-refractivity contribution in [1.29, 1.82) is 0 Å². The molecule has 0 fully saturated rings. The van der Waals surface area contributed by atoms with Gasteiger partial charge in [-0.3, -0.25) is 4.79 Å². The number of carbonyl (C=O) groups excluding carboxylic acids is 1. The Morgan fingerprint density at radius 3 is 2.52 bits per heavy atom. The smallest absolute Gasteiger partial charge is 0.277 e. The monoisotopic (exact) mass is 334 g/mol. The normalized spacial score (nSPS) is 10.8. The first kappa shape index (κ1) is 16.5. The van der Waals surface area contributed by atoms with E-state index in [1.165, 1.54) is 0 Å². The Morgan fingerprint density at radius 2 is 1.72 bits per heavy atom. The standard InChI is InChI=1S/C20H18N2O3/c1-24-17-9-11-18(12-10-17)25-14-20(23)22-21-13-16-7-4-6-15-5-2-3-8-19(15)16/h2-13H,14H2,1H3,(H,22,23)/b21-13-. The van der Waals surface area contributed by atoms with Crippen molar-refractivity contribution < 1.29 is 14.3 Å². The van der Waals surface area contributed by atoms with Crippen molar-refractivity contribution in [2.24, 2.45) is 5.10 Å². The summed E-state index contributed by atoms with van der Waals surface area (Å²) in [6, 6.07) is 21.0. The van der Waals surface area contributed by atoms with Crippen LogP contribution in [0.25, 0.3) is 10.8 Å². The van der Waals surface area contributed by atoms with E-state index in [0.29, 0.717) is 5.75 Å². The Kier molecular flexibility index (Phi) is 5.26. The van der Waals surface area contributed by atoms with Crippen LogP contribution in [0.5, 0.6) is 11.5 Å². The van der Waals surface area contributed by atoms with Gasteiger partial charge >= 0.3 is 0 Å². The second-order valence-corrected chi connectivity index (χ2v) is 5.33.